The van der Waals surface area contributed by atoms with E-state index in [0.29, 0.717) is 34.7 Å². The first kappa shape index (κ1) is 28.1. The molecule has 0 radical (unpaired) electrons. The highest BCUT2D eigenvalue weighted by Crippen LogP contribution is 2.45. The van der Waals surface area contributed by atoms with E-state index in [0.717, 1.165) is 27.8 Å². The van der Waals surface area contributed by atoms with Crippen molar-refractivity contribution >= 4 is 44.5 Å². The molecule has 5 rings (SSSR count). The zero-order valence-electron chi connectivity index (χ0n) is 23.5. The Labute approximate surface area is 243 Å². The summed E-state index contributed by atoms with van der Waals surface area (Å²) in [6, 6.07) is 19.6. The SMILES string of the molecule is COc1cc(C2C(C(=O)/C=C/c3ccccc3)=C(O)C(=O)N2c2nc3ccc(C)cc3s2)ccc1OCCC(C)C. The number of amides is 1. The summed E-state index contributed by atoms with van der Waals surface area (Å²) < 4.78 is 12.5. The van der Waals surface area contributed by atoms with Gasteiger partial charge in [0.1, 0.15) is 0 Å². The number of methoxy groups -OCH3 is 1. The number of aliphatic hydroxyl groups is 1. The van der Waals surface area contributed by atoms with Crippen molar-refractivity contribution in [3.63, 3.8) is 0 Å². The lowest BCUT2D eigenvalue weighted by Gasteiger charge is -2.25. The molecular formula is C33H32N2O5S. The Morgan fingerprint density at radius 3 is 2.61 bits per heavy atom. The fraction of sp³-hybridized carbons (Fsp3) is 0.242. The lowest BCUT2D eigenvalue weighted by atomic mass is 9.95. The van der Waals surface area contributed by atoms with Crippen molar-refractivity contribution in [2.75, 3.05) is 18.6 Å². The summed E-state index contributed by atoms with van der Waals surface area (Å²) in [7, 11) is 1.55. The topological polar surface area (TPSA) is 89.0 Å². The number of hydrogen-bond donors (Lipinski definition) is 1. The van der Waals surface area contributed by atoms with Crippen LogP contribution in [0.5, 0.6) is 11.5 Å². The van der Waals surface area contributed by atoms with Crippen LogP contribution in [-0.2, 0) is 9.59 Å². The minimum atomic E-state index is -0.921. The predicted octanol–water partition coefficient (Wildman–Crippen LogP) is 7.22. The number of aryl methyl sites for hydroxylation is 1. The average molecular weight is 569 g/mol. The van der Waals surface area contributed by atoms with Gasteiger partial charge in [0.2, 0.25) is 0 Å². The number of anilines is 1. The van der Waals surface area contributed by atoms with E-state index in [2.05, 4.69) is 13.8 Å². The largest absolute Gasteiger partial charge is 0.503 e. The number of thiazole rings is 1. The van der Waals surface area contributed by atoms with Gasteiger partial charge in [0, 0.05) is 0 Å². The first-order chi connectivity index (χ1) is 19.8. The number of hydrogen-bond acceptors (Lipinski definition) is 7. The summed E-state index contributed by atoms with van der Waals surface area (Å²) in [6.07, 6.45) is 3.93. The summed E-state index contributed by atoms with van der Waals surface area (Å²) >= 11 is 1.33. The van der Waals surface area contributed by atoms with Gasteiger partial charge in [0.25, 0.3) is 5.91 Å². The van der Waals surface area contributed by atoms with Crippen molar-refractivity contribution in [3.05, 3.63) is 101 Å². The van der Waals surface area contributed by atoms with E-state index >= 15 is 0 Å². The van der Waals surface area contributed by atoms with Gasteiger partial charge in [-0.1, -0.05) is 73.7 Å². The van der Waals surface area contributed by atoms with Gasteiger partial charge in [-0.05, 0) is 66.3 Å². The molecule has 1 unspecified atom stereocenters. The first-order valence-corrected chi connectivity index (χ1v) is 14.3. The third-order valence-corrected chi connectivity index (χ3v) is 7.91. The molecular weight excluding hydrogens is 536 g/mol. The highest BCUT2D eigenvalue weighted by Gasteiger charge is 2.45. The third kappa shape index (κ3) is 5.88. The predicted molar refractivity (Wildman–Crippen MR) is 163 cm³/mol. The Morgan fingerprint density at radius 1 is 1.10 bits per heavy atom. The van der Waals surface area contributed by atoms with Crippen LogP contribution in [0.1, 0.15) is 43.0 Å². The second-order valence-electron chi connectivity index (χ2n) is 10.4. The third-order valence-electron chi connectivity index (χ3n) is 6.90. The first-order valence-electron chi connectivity index (χ1n) is 13.5. The summed E-state index contributed by atoms with van der Waals surface area (Å²) in [5, 5.41) is 11.5. The second-order valence-corrected chi connectivity index (χ2v) is 11.4. The fourth-order valence-corrected chi connectivity index (χ4v) is 5.79. The molecule has 1 aliphatic heterocycles. The van der Waals surface area contributed by atoms with E-state index in [1.165, 1.54) is 22.3 Å². The molecule has 0 fully saturated rings. The van der Waals surface area contributed by atoms with Crippen LogP contribution in [0.3, 0.4) is 0 Å². The number of fused-ring (bicyclic) bond motifs is 1. The average Bonchev–Trinajstić information content (AvgIpc) is 3.49. The molecule has 0 saturated carbocycles. The molecule has 0 saturated heterocycles. The van der Waals surface area contributed by atoms with E-state index in [4.69, 9.17) is 14.5 Å². The number of carbonyl (C=O) groups is 2. The number of benzene rings is 3. The van der Waals surface area contributed by atoms with Crippen LogP contribution < -0.4 is 14.4 Å². The monoisotopic (exact) mass is 568 g/mol. The molecule has 1 N–H and O–H groups in total. The van der Waals surface area contributed by atoms with Crippen LogP contribution in [0, 0.1) is 12.8 Å². The Balaban J connectivity index is 1.58. The maximum absolute atomic E-state index is 13.6. The number of nitrogens with zero attached hydrogens (tertiary/aromatic N) is 2. The molecule has 4 aromatic rings. The number of carbonyl (C=O) groups excluding carboxylic acids is 2. The summed E-state index contributed by atoms with van der Waals surface area (Å²) in [6.45, 7) is 6.77. The maximum atomic E-state index is 13.6. The van der Waals surface area contributed by atoms with Crippen molar-refractivity contribution in [2.45, 2.75) is 33.2 Å². The van der Waals surface area contributed by atoms with Crippen LogP contribution >= 0.6 is 11.3 Å². The molecule has 1 amide bonds. The number of ether oxygens (including phenoxy) is 2. The van der Waals surface area contributed by atoms with Gasteiger partial charge >= 0.3 is 0 Å². The van der Waals surface area contributed by atoms with Gasteiger partial charge in [-0.2, -0.15) is 0 Å². The summed E-state index contributed by atoms with van der Waals surface area (Å²) in [5.41, 5.74) is 3.19. The Kier molecular flexibility index (Phi) is 8.21. The van der Waals surface area contributed by atoms with Crippen LogP contribution in [-0.4, -0.2) is 35.5 Å². The van der Waals surface area contributed by atoms with Crippen molar-refractivity contribution in [2.24, 2.45) is 5.92 Å². The minimum Gasteiger partial charge on any atom is -0.503 e. The molecule has 8 heteroatoms. The highest BCUT2D eigenvalue weighted by molar-refractivity contribution is 7.22. The molecule has 0 spiro atoms. The molecule has 210 valence electrons. The van der Waals surface area contributed by atoms with Gasteiger partial charge in [-0.25, -0.2) is 4.98 Å². The molecule has 1 aliphatic rings. The van der Waals surface area contributed by atoms with E-state index in [-0.39, 0.29) is 5.57 Å². The smallest absolute Gasteiger partial charge is 0.296 e. The quantitative estimate of drug-likeness (QED) is 0.203. The van der Waals surface area contributed by atoms with E-state index in [1.54, 1.807) is 31.4 Å². The van der Waals surface area contributed by atoms with E-state index in [1.807, 2.05) is 55.5 Å². The summed E-state index contributed by atoms with van der Waals surface area (Å²) in [4.78, 5) is 33.3. The van der Waals surface area contributed by atoms with Gasteiger partial charge in [0.05, 0.1) is 35.5 Å². The Hall–Kier alpha value is -4.43. The van der Waals surface area contributed by atoms with E-state index in [9.17, 15) is 14.7 Å². The molecule has 1 aromatic heterocycles. The van der Waals surface area contributed by atoms with Crippen molar-refractivity contribution in [1.82, 2.24) is 4.98 Å². The van der Waals surface area contributed by atoms with Crippen molar-refractivity contribution < 1.29 is 24.2 Å². The van der Waals surface area contributed by atoms with Gasteiger partial charge < -0.3 is 14.6 Å². The van der Waals surface area contributed by atoms with Crippen LogP contribution in [0.4, 0.5) is 5.13 Å². The zero-order valence-corrected chi connectivity index (χ0v) is 24.3. The van der Waals surface area contributed by atoms with Gasteiger partial charge in [-0.15, -0.1) is 0 Å². The zero-order chi connectivity index (χ0) is 29.1. The number of aromatic nitrogens is 1. The number of allylic oxidation sites excluding steroid dienone is 1. The Morgan fingerprint density at radius 2 is 1.88 bits per heavy atom. The van der Waals surface area contributed by atoms with Gasteiger partial charge in [0.15, 0.2) is 28.2 Å². The lowest BCUT2D eigenvalue weighted by Crippen LogP contribution is -2.30. The fourth-order valence-electron chi connectivity index (χ4n) is 4.70. The van der Waals surface area contributed by atoms with Crippen molar-refractivity contribution in [3.8, 4) is 11.5 Å². The molecule has 2 heterocycles. The van der Waals surface area contributed by atoms with Gasteiger partial charge in [-0.3, -0.25) is 14.5 Å². The minimum absolute atomic E-state index is 0.0202. The number of rotatable bonds is 10. The van der Waals surface area contributed by atoms with Crippen LogP contribution in [0.25, 0.3) is 16.3 Å². The molecule has 7 nitrogen and oxygen atoms in total. The molecule has 1 atom stereocenters. The van der Waals surface area contributed by atoms with Crippen molar-refractivity contribution in [1.29, 1.82) is 0 Å². The molecule has 0 aliphatic carbocycles. The van der Waals surface area contributed by atoms with Crippen LogP contribution in [0.15, 0.2) is 84.1 Å². The maximum Gasteiger partial charge on any atom is 0.296 e. The highest BCUT2D eigenvalue weighted by atomic mass is 32.1. The molecule has 3 aromatic carbocycles. The normalized spacial score (nSPS) is 15.5. The summed E-state index contributed by atoms with van der Waals surface area (Å²) in [5.74, 6) is -0.227. The number of ketones is 1. The Bertz CT molecular complexity index is 1650. The lowest BCUT2D eigenvalue weighted by molar-refractivity contribution is -0.117. The standard InChI is InChI=1S/C33H32N2O5S/c1-20(2)16-17-40-26-15-12-23(19-27(26)39-4)30-29(25(36)14-11-22-8-6-5-7-9-22)31(37)32(38)35(30)33-34-24-13-10-21(3)18-28(24)41-33/h5-15,18-20,30,37H,16-17H2,1-4H3/b14-11+. The number of aliphatic hydroxyl groups excluding tert-OH is 1. The second kappa shape index (κ2) is 12.0. The molecule has 0 bridgehead atoms. The molecule has 41 heavy (non-hydrogen) atoms. The van der Waals surface area contributed by atoms with E-state index < -0.39 is 23.5 Å². The van der Waals surface area contributed by atoms with Crippen LogP contribution in [0.2, 0.25) is 0 Å².